The summed E-state index contributed by atoms with van der Waals surface area (Å²) < 4.78 is 5.45. The lowest BCUT2D eigenvalue weighted by molar-refractivity contribution is -0.125. The summed E-state index contributed by atoms with van der Waals surface area (Å²) in [6.45, 7) is 2.49. The lowest BCUT2D eigenvalue weighted by atomic mass is 9.84. The van der Waals surface area contributed by atoms with Crippen LogP contribution in [0, 0.1) is 0 Å². The number of fused-ring (bicyclic) bond motifs is 1. The van der Waals surface area contributed by atoms with Gasteiger partial charge in [-0.15, -0.1) is 12.4 Å². The Labute approximate surface area is 178 Å². The number of aryl methyl sites for hydroxylation is 1. The average molecular weight is 414 g/mol. The van der Waals surface area contributed by atoms with Crippen LogP contribution in [0.25, 0.3) is 0 Å². The Bertz CT molecular complexity index is 881. The van der Waals surface area contributed by atoms with Gasteiger partial charge in [0.05, 0.1) is 13.8 Å². The monoisotopic (exact) mass is 413 g/mol. The van der Waals surface area contributed by atoms with Gasteiger partial charge in [-0.05, 0) is 61.1 Å². The summed E-state index contributed by atoms with van der Waals surface area (Å²) in [5, 5.41) is 3.10. The number of hydrogen-bond donors (Lipinski definition) is 1. The summed E-state index contributed by atoms with van der Waals surface area (Å²) in [6, 6.07) is 17.2. The fourth-order valence-electron chi connectivity index (χ4n) is 5.30. The first-order chi connectivity index (χ1) is 13.7. The van der Waals surface area contributed by atoms with E-state index in [9.17, 15) is 4.79 Å². The molecule has 2 fully saturated rings. The number of nitrogens with zero attached hydrogens (tertiary/aromatic N) is 2. The summed E-state index contributed by atoms with van der Waals surface area (Å²) >= 11 is 0. The van der Waals surface area contributed by atoms with Crippen LogP contribution in [-0.4, -0.2) is 43.2 Å². The highest BCUT2D eigenvalue weighted by Crippen LogP contribution is 2.42. The van der Waals surface area contributed by atoms with Gasteiger partial charge in [0.25, 0.3) is 0 Å². The van der Waals surface area contributed by atoms with Gasteiger partial charge in [0.15, 0.2) is 0 Å². The molecule has 5 rings (SSSR count). The van der Waals surface area contributed by atoms with Crippen LogP contribution in [0.5, 0.6) is 5.75 Å². The van der Waals surface area contributed by atoms with Crippen molar-refractivity contribution in [3.8, 4) is 5.75 Å². The number of carbonyl (C=O) groups is 1. The number of piperidine rings is 1. The maximum absolute atomic E-state index is 12.9. The van der Waals surface area contributed by atoms with Gasteiger partial charge < -0.3 is 15.0 Å². The molecule has 2 aromatic carbocycles. The molecule has 0 aromatic heterocycles. The van der Waals surface area contributed by atoms with Crippen LogP contribution < -0.4 is 15.0 Å². The number of amides is 1. The van der Waals surface area contributed by atoms with Gasteiger partial charge in [-0.25, -0.2) is 0 Å². The number of ether oxygens (including phenoxy) is 1. The highest BCUT2D eigenvalue weighted by atomic mass is 35.5. The van der Waals surface area contributed by atoms with Crippen molar-refractivity contribution in [2.24, 2.45) is 0 Å². The Morgan fingerprint density at radius 3 is 2.59 bits per heavy atom. The zero-order chi connectivity index (χ0) is 19.1. The van der Waals surface area contributed by atoms with E-state index in [1.807, 2.05) is 18.2 Å². The molecule has 2 heterocycles. The fraction of sp³-hybridized carbons (Fsp3) is 0.435. The maximum Gasteiger partial charge on any atom is 0.247 e. The molecule has 5 nitrogen and oxygen atoms in total. The Morgan fingerprint density at radius 2 is 1.86 bits per heavy atom. The zero-order valence-electron chi connectivity index (χ0n) is 16.8. The van der Waals surface area contributed by atoms with Gasteiger partial charge in [-0.3, -0.25) is 9.69 Å². The number of benzene rings is 2. The van der Waals surface area contributed by atoms with Crippen molar-refractivity contribution in [3.63, 3.8) is 0 Å². The number of carbonyl (C=O) groups excluding carboxylic acids is 1. The molecule has 0 radical (unpaired) electrons. The second-order valence-corrected chi connectivity index (χ2v) is 8.11. The Hall–Kier alpha value is -2.24. The summed E-state index contributed by atoms with van der Waals surface area (Å²) in [5.41, 5.74) is 3.57. The standard InChI is InChI=1S/C23H27N3O2.ClH/c1-28-19-9-7-17-8-10-21(20(17)15-19)25-13-11-23(12-14-25)22(27)24-16-26(23)18-5-3-2-4-6-18;/h2-7,9,15,21H,8,10-14,16H2,1H3,(H,24,27);1H. The Balaban J connectivity index is 0.00000205. The number of rotatable bonds is 3. The van der Waals surface area contributed by atoms with E-state index in [1.54, 1.807) is 7.11 Å². The van der Waals surface area contributed by atoms with E-state index in [4.69, 9.17) is 4.74 Å². The molecule has 1 amide bonds. The van der Waals surface area contributed by atoms with Gasteiger partial charge in [-0.1, -0.05) is 24.3 Å². The van der Waals surface area contributed by atoms with Crippen molar-refractivity contribution in [3.05, 3.63) is 59.7 Å². The molecule has 2 aliphatic heterocycles. The van der Waals surface area contributed by atoms with Gasteiger partial charge in [0, 0.05) is 24.8 Å². The highest BCUT2D eigenvalue weighted by molar-refractivity contribution is 5.93. The van der Waals surface area contributed by atoms with E-state index in [0.717, 1.165) is 50.2 Å². The number of nitrogens with one attached hydrogen (secondary N) is 1. The first-order valence-electron chi connectivity index (χ1n) is 10.2. The SMILES string of the molecule is COc1ccc2c(c1)C(N1CCC3(CC1)C(=O)NCN3c1ccccc1)CC2.Cl. The first kappa shape index (κ1) is 20.0. The van der Waals surface area contributed by atoms with E-state index >= 15 is 0 Å². The van der Waals surface area contributed by atoms with Crippen molar-refractivity contribution in [1.82, 2.24) is 10.2 Å². The molecular weight excluding hydrogens is 386 g/mol. The van der Waals surface area contributed by atoms with Gasteiger partial charge in [-0.2, -0.15) is 0 Å². The molecule has 1 N–H and O–H groups in total. The molecule has 2 aromatic rings. The van der Waals surface area contributed by atoms with Crippen molar-refractivity contribution < 1.29 is 9.53 Å². The van der Waals surface area contributed by atoms with Gasteiger partial charge >= 0.3 is 0 Å². The number of para-hydroxylation sites is 1. The van der Waals surface area contributed by atoms with Crippen LogP contribution in [0.1, 0.15) is 36.4 Å². The summed E-state index contributed by atoms with van der Waals surface area (Å²) in [7, 11) is 1.73. The van der Waals surface area contributed by atoms with Gasteiger partial charge in [0.1, 0.15) is 11.3 Å². The number of halogens is 1. The van der Waals surface area contributed by atoms with E-state index in [2.05, 4.69) is 45.4 Å². The van der Waals surface area contributed by atoms with Crippen molar-refractivity contribution in [1.29, 1.82) is 0 Å². The largest absolute Gasteiger partial charge is 0.497 e. The van der Waals surface area contributed by atoms with Crippen LogP contribution in [0.3, 0.4) is 0 Å². The Kier molecular flexibility index (Phi) is 5.45. The molecule has 0 saturated carbocycles. The molecule has 1 aliphatic carbocycles. The first-order valence-corrected chi connectivity index (χ1v) is 10.2. The predicted molar refractivity (Wildman–Crippen MR) is 117 cm³/mol. The third-order valence-electron chi connectivity index (χ3n) is 6.87. The summed E-state index contributed by atoms with van der Waals surface area (Å²) in [4.78, 5) is 17.7. The molecule has 154 valence electrons. The molecule has 3 aliphatic rings. The Morgan fingerprint density at radius 1 is 1.10 bits per heavy atom. The minimum absolute atomic E-state index is 0. The number of likely N-dealkylation sites (tertiary alicyclic amines) is 1. The third-order valence-corrected chi connectivity index (χ3v) is 6.87. The average Bonchev–Trinajstić information content (AvgIpc) is 3.31. The van der Waals surface area contributed by atoms with Crippen LogP contribution in [0.15, 0.2) is 48.5 Å². The molecule has 2 saturated heterocycles. The molecule has 29 heavy (non-hydrogen) atoms. The molecule has 1 unspecified atom stereocenters. The van der Waals surface area contributed by atoms with Crippen molar-refractivity contribution in [2.45, 2.75) is 37.3 Å². The van der Waals surface area contributed by atoms with Crippen molar-refractivity contribution in [2.75, 3.05) is 31.8 Å². The molecule has 6 heteroatoms. The maximum atomic E-state index is 12.9. The topological polar surface area (TPSA) is 44.8 Å². The van der Waals surface area contributed by atoms with E-state index in [1.165, 1.54) is 11.1 Å². The van der Waals surface area contributed by atoms with Crippen molar-refractivity contribution >= 4 is 24.0 Å². The van der Waals surface area contributed by atoms with E-state index < -0.39 is 5.54 Å². The quantitative estimate of drug-likeness (QED) is 0.836. The second-order valence-electron chi connectivity index (χ2n) is 8.11. The lowest BCUT2D eigenvalue weighted by Gasteiger charge is -2.45. The minimum Gasteiger partial charge on any atom is -0.497 e. The lowest BCUT2D eigenvalue weighted by Crippen LogP contribution is -2.56. The van der Waals surface area contributed by atoms with Crippen LogP contribution in [-0.2, 0) is 11.2 Å². The zero-order valence-corrected chi connectivity index (χ0v) is 17.6. The van der Waals surface area contributed by atoms with Gasteiger partial charge in [0.2, 0.25) is 5.91 Å². The molecule has 1 atom stereocenters. The fourth-order valence-corrected chi connectivity index (χ4v) is 5.30. The third kappa shape index (κ3) is 3.26. The van der Waals surface area contributed by atoms with E-state index in [0.29, 0.717) is 12.7 Å². The number of methoxy groups -OCH3 is 1. The number of hydrogen-bond acceptors (Lipinski definition) is 4. The van der Waals surface area contributed by atoms with Crippen LogP contribution in [0.2, 0.25) is 0 Å². The second kappa shape index (κ2) is 7.88. The smallest absolute Gasteiger partial charge is 0.247 e. The normalized spacial score (nSPS) is 22.9. The molecule has 0 bridgehead atoms. The van der Waals surface area contributed by atoms with Crippen LogP contribution in [0.4, 0.5) is 5.69 Å². The summed E-state index contributed by atoms with van der Waals surface area (Å²) in [5.74, 6) is 1.12. The molecule has 1 spiro atoms. The van der Waals surface area contributed by atoms with E-state index in [-0.39, 0.29) is 18.3 Å². The minimum atomic E-state index is -0.409. The number of anilines is 1. The highest BCUT2D eigenvalue weighted by Gasteiger charge is 2.51. The van der Waals surface area contributed by atoms with Crippen LogP contribution >= 0.6 is 12.4 Å². The summed E-state index contributed by atoms with van der Waals surface area (Å²) in [6.07, 6.45) is 4.01. The predicted octanol–water partition coefficient (Wildman–Crippen LogP) is 3.53. The molecular formula is C23H28ClN3O2.